The molecule has 1 unspecified atom stereocenters. The molecular formula is C21H29ClIN5O. The maximum absolute atomic E-state index is 6.29. The van der Waals surface area contributed by atoms with Gasteiger partial charge in [-0.15, -0.1) is 24.0 Å². The van der Waals surface area contributed by atoms with Gasteiger partial charge in [0.15, 0.2) is 5.96 Å². The van der Waals surface area contributed by atoms with Crippen LogP contribution in [0.3, 0.4) is 0 Å². The first-order chi connectivity index (χ1) is 13.7. The molecule has 0 spiro atoms. The van der Waals surface area contributed by atoms with Crippen molar-refractivity contribution in [1.82, 2.24) is 15.6 Å². The highest BCUT2D eigenvalue weighted by Gasteiger charge is 2.25. The molecule has 1 aliphatic rings. The van der Waals surface area contributed by atoms with Crippen molar-refractivity contribution in [3.63, 3.8) is 0 Å². The SMILES string of the molecule is CCNC(=NCc1cccc(COC)c1)NC1CCN(c2ncccc2Cl)C1.I. The molecule has 0 aliphatic carbocycles. The standard InChI is InChI=1S/C21H28ClN5O.HI/c1-3-23-21(25-13-16-6-4-7-17(12-16)15-28-2)26-18-9-11-27(14-18)20-19(22)8-5-10-24-20;/h4-8,10,12,18H,3,9,11,13-15H2,1-2H3,(H2,23,25,26);1H. The molecule has 29 heavy (non-hydrogen) atoms. The zero-order valence-corrected chi connectivity index (χ0v) is 20.0. The van der Waals surface area contributed by atoms with E-state index in [4.69, 9.17) is 21.3 Å². The monoisotopic (exact) mass is 529 g/mol. The molecule has 3 rings (SSSR count). The molecule has 0 amide bonds. The van der Waals surface area contributed by atoms with E-state index in [0.29, 0.717) is 24.2 Å². The van der Waals surface area contributed by atoms with Crippen LogP contribution in [0.15, 0.2) is 47.6 Å². The third kappa shape index (κ3) is 7.01. The maximum Gasteiger partial charge on any atom is 0.191 e. The molecule has 1 fully saturated rings. The van der Waals surface area contributed by atoms with Crippen molar-refractivity contribution in [2.24, 2.45) is 4.99 Å². The molecule has 158 valence electrons. The summed E-state index contributed by atoms with van der Waals surface area (Å²) in [6.07, 6.45) is 2.80. The summed E-state index contributed by atoms with van der Waals surface area (Å²) >= 11 is 6.29. The van der Waals surface area contributed by atoms with Gasteiger partial charge in [0.1, 0.15) is 5.82 Å². The highest BCUT2D eigenvalue weighted by molar-refractivity contribution is 14.0. The molecule has 0 bridgehead atoms. The van der Waals surface area contributed by atoms with E-state index >= 15 is 0 Å². The van der Waals surface area contributed by atoms with Gasteiger partial charge >= 0.3 is 0 Å². The van der Waals surface area contributed by atoms with E-state index in [0.717, 1.165) is 43.4 Å². The number of halogens is 2. The Balaban J connectivity index is 0.00000300. The largest absolute Gasteiger partial charge is 0.380 e. The van der Waals surface area contributed by atoms with E-state index in [1.54, 1.807) is 13.3 Å². The number of guanidine groups is 1. The van der Waals surface area contributed by atoms with Gasteiger partial charge in [-0.1, -0.05) is 35.9 Å². The lowest BCUT2D eigenvalue weighted by Gasteiger charge is -2.20. The highest BCUT2D eigenvalue weighted by Crippen LogP contribution is 2.25. The van der Waals surface area contributed by atoms with Crippen molar-refractivity contribution in [3.05, 3.63) is 58.7 Å². The van der Waals surface area contributed by atoms with Gasteiger partial charge < -0.3 is 20.3 Å². The molecular weight excluding hydrogens is 501 g/mol. The minimum absolute atomic E-state index is 0. The fourth-order valence-corrected chi connectivity index (χ4v) is 3.59. The molecule has 8 heteroatoms. The lowest BCUT2D eigenvalue weighted by molar-refractivity contribution is 0.185. The number of nitrogens with zero attached hydrogens (tertiary/aromatic N) is 3. The summed E-state index contributed by atoms with van der Waals surface area (Å²) < 4.78 is 5.21. The molecule has 1 aromatic heterocycles. The number of methoxy groups -OCH3 is 1. The van der Waals surface area contributed by atoms with Crippen molar-refractivity contribution in [1.29, 1.82) is 0 Å². The first-order valence-electron chi connectivity index (χ1n) is 9.66. The van der Waals surface area contributed by atoms with E-state index < -0.39 is 0 Å². The van der Waals surface area contributed by atoms with Crippen LogP contribution in [0.2, 0.25) is 5.02 Å². The van der Waals surface area contributed by atoms with Crippen molar-refractivity contribution in [2.45, 2.75) is 32.5 Å². The number of aliphatic imine (C=N–C) groups is 1. The summed E-state index contributed by atoms with van der Waals surface area (Å²) in [6.45, 7) is 5.90. The zero-order chi connectivity index (χ0) is 19.8. The van der Waals surface area contributed by atoms with Crippen molar-refractivity contribution in [3.8, 4) is 0 Å². The summed E-state index contributed by atoms with van der Waals surface area (Å²) in [5, 5.41) is 7.58. The van der Waals surface area contributed by atoms with Gasteiger partial charge in [0.2, 0.25) is 0 Å². The Morgan fingerprint density at radius 1 is 1.31 bits per heavy atom. The average molecular weight is 530 g/mol. The third-order valence-electron chi connectivity index (χ3n) is 4.63. The first-order valence-corrected chi connectivity index (χ1v) is 10.0. The minimum atomic E-state index is 0. The molecule has 1 aromatic carbocycles. The lowest BCUT2D eigenvalue weighted by atomic mass is 10.1. The maximum atomic E-state index is 6.29. The Morgan fingerprint density at radius 3 is 2.90 bits per heavy atom. The van der Waals surface area contributed by atoms with Gasteiger partial charge in [-0.25, -0.2) is 9.98 Å². The van der Waals surface area contributed by atoms with Gasteiger partial charge in [0.25, 0.3) is 0 Å². The predicted octanol–water partition coefficient (Wildman–Crippen LogP) is 3.83. The quantitative estimate of drug-likeness (QED) is 0.324. The number of benzene rings is 1. The molecule has 1 aliphatic heterocycles. The number of rotatable bonds is 7. The Hall–Kier alpha value is -1.58. The molecule has 2 N–H and O–H groups in total. The summed E-state index contributed by atoms with van der Waals surface area (Å²) in [4.78, 5) is 11.4. The van der Waals surface area contributed by atoms with Crippen LogP contribution in [0.25, 0.3) is 0 Å². The third-order valence-corrected chi connectivity index (χ3v) is 4.93. The van der Waals surface area contributed by atoms with Gasteiger partial charge in [-0.3, -0.25) is 0 Å². The highest BCUT2D eigenvalue weighted by atomic mass is 127. The molecule has 2 aromatic rings. The van der Waals surface area contributed by atoms with E-state index in [1.165, 1.54) is 5.56 Å². The van der Waals surface area contributed by atoms with E-state index in [1.807, 2.05) is 18.2 Å². The Morgan fingerprint density at radius 2 is 2.14 bits per heavy atom. The molecule has 0 saturated carbocycles. The second-order valence-electron chi connectivity index (χ2n) is 6.83. The fraction of sp³-hybridized carbons (Fsp3) is 0.429. The van der Waals surface area contributed by atoms with Crippen LogP contribution in [-0.4, -0.2) is 43.7 Å². The number of anilines is 1. The van der Waals surface area contributed by atoms with Crippen LogP contribution < -0.4 is 15.5 Å². The topological polar surface area (TPSA) is 61.8 Å². The fourth-order valence-electron chi connectivity index (χ4n) is 3.35. The Bertz CT molecular complexity index is 804. The average Bonchev–Trinajstić information content (AvgIpc) is 3.15. The number of pyridine rings is 1. The normalized spacial score (nSPS) is 16.4. The Labute approximate surface area is 195 Å². The van der Waals surface area contributed by atoms with Crippen LogP contribution >= 0.6 is 35.6 Å². The summed E-state index contributed by atoms with van der Waals surface area (Å²) in [5.41, 5.74) is 2.33. The van der Waals surface area contributed by atoms with Crippen LogP contribution in [0.4, 0.5) is 5.82 Å². The van der Waals surface area contributed by atoms with E-state index in [9.17, 15) is 0 Å². The van der Waals surface area contributed by atoms with Gasteiger partial charge in [-0.2, -0.15) is 0 Å². The lowest BCUT2D eigenvalue weighted by Crippen LogP contribution is -2.44. The predicted molar refractivity (Wildman–Crippen MR) is 130 cm³/mol. The molecule has 2 heterocycles. The zero-order valence-electron chi connectivity index (χ0n) is 16.9. The van der Waals surface area contributed by atoms with Gasteiger partial charge in [0, 0.05) is 39.0 Å². The number of nitrogens with one attached hydrogen (secondary N) is 2. The smallest absolute Gasteiger partial charge is 0.191 e. The van der Waals surface area contributed by atoms with Gasteiger partial charge in [-0.05, 0) is 36.6 Å². The second kappa shape index (κ2) is 12.2. The molecule has 6 nitrogen and oxygen atoms in total. The summed E-state index contributed by atoms with van der Waals surface area (Å²) in [5.74, 6) is 1.68. The van der Waals surface area contributed by atoms with Crippen molar-refractivity contribution in [2.75, 3.05) is 31.6 Å². The van der Waals surface area contributed by atoms with Crippen LogP contribution in [0, 0.1) is 0 Å². The minimum Gasteiger partial charge on any atom is -0.380 e. The number of ether oxygens (including phenoxy) is 1. The van der Waals surface area contributed by atoms with Crippen LogP contribution in [0.5, 0.6) is 0 Å². The summed E-state index contributed by atoms with van der Waals surface area (Å²) in [6, 6.07) is 12.4. The number of aromatic nitrogens is 1. The van der Waals surface area contributed by atoms with Crippen LogP contribution in [0.1, 0.15) is 24.5 Å². The Kier molecular flexibility index (Phi) is 9.96. The molecule has 1 saturated heterocycles. The van der Waals surface area contributed by atoms with Crippen LogP contribution in [-0.2, 0) is 17.9 Å². The van der Waals surface area contributed by atoms with E-state index in [2.05, 4.69) is 45.6 Å². The van der Waals surface area contributed by atoms with Gasteiger partial charge in [0.05, 0.1) is 18.2 Å². The number of hydrogen-bond donors (Lipinski definition) is 2. The van der Waals surface area contributed by atoms with Crippen molar-refractivity contribution >= 4 is 47.4 Å². The molecule has 0 radical (unpaired) electrons. The first kappa shape index (κ1) is 23.7. The van der Waals surface area contributed by atoms with E-state index in [-0.39, 0.29) is 24.0 Å². The molecule has 1 atom stereocenters. The number of hydrogen-bond acceptors (Lipinski definition) is 4. The second-order valence-corrected chi connectivity index (χ2v) is 7.24. The van der Waals surface area contributed by atoms with Crippen molar-refractivity contribution < 1.29 is 4.74 Å². The summed E-state index contributed by atoms with van der Waals surface area (Å²) in [7, 11) is 1.71.